The molecular formula is C27H30N4O4. The van der Waals surface area contributed by atoms with Gasteiger partial charge in [0.25, 0.3) is 5.91 Å². The molecule has 4 N–H and O–H groups in total. The van der Waals surface area contributed by atoms with E-state index in [0.717, 1.165) is 0 Å². The fraction of sp³-hybridized carbons (Fsp3) is 0.148. The van der Waals surface area contributed by atoms with Crippen LogP contribution >= 0.6 is 0 Å². The molecule has 0 saturated carbocycles. The average Bonchev–Trinajstić information content (AvgIpc) is 2.86. The van der Waals surface area contributed by atoms with Crippen LogP contribution in [0.15, 0.2) is 85.1 Å². The van der Waals surface area contributed by atoms with Crippen molar-refractivity contribution >= 4 is 28.5 Å². The predicted octanol–water partition coefficient (Wildman–Crippen LogP) is 5.89. The van der Waals surface area contributed by atoms with Crippen molar-refractivity contribution in [3.05, 3.63) is 90.8 Å². The van der Waals surface area contributed by atoms with E-state index < -0.39 is 6.03 Å². The molecule has 0 atom stereocenters. The topological polar surface area (TPSA) is 113 Å². The van der Waals surface area contributed by atoms with Crippen molar-refractivity contribution in [2.75, 3.05) is 12.4 Å². The Kier molecular flexibility index (Phi) is 10.1. The Bertz CT molecular complexity index is 1250. The Morgan fingerprint density at radius 1 is 1.09 bits per heavy atom. The molecule has 0 aliphatic carbocycles. The summed E-state index contributed by atoms with van der Waals surface area (Å²) in [6, 6.07) is 12.4. The van der Waals surface area contributed by atoms with Gasteiger partial charge in [-0.3, -0.25) is 4.79 Å². The van der Waals surface area contributed by atoms with Crippen LogP contribution in [0.1, 0.15) is 31.3 Å². The fourth-order valence-corrected chi connectivity index (χ4v) is 2.98. The normalized spacial score (nSPS) is 10.8. The number of ether oxygens (including phenoxy) is 1. The second-order valence-corrected chi connectivity index (χ2v) is 6.85. The van der Waals surface area contributed by atoms with Crippen molar-refractivity contribution in [2.45, 2.75) is 20.8 Å². The van der Waals surface area contributed by atoms with Gasteiger partial charge in [0.1, 0.15) is 22.9 Å². The van der Waals surface area contributed by atoms with Gasteiger partial charge in [0, 0.05) is 29.9 Å². The Morgan fingerprint density at radius 2 is 1.80 bits per heavy atom. The number of rotatable bonds is 7. The summed E-state index contributed by atoms with van der Waals surface area (Å²) in [4.78, 5) is 28.6. The van der Waals surface area contributed by atoms with Gasteiger partial charge in [0.15, 0.2) is 0 Å². The number of fused-ring (bicyclic) bond motifs is 1. The minimum absolute atomic E-state index is 0.0511. The van der Waals surface area contributed by atoms with Crippen LogP contribution < -0.4 is 20.7 Å². The van der Waals surface area contributed by atoms with Crippen LogP contribution in [0.25, 0.3) is 10.9 Å². The standard InChI is InChI=1S/C25H24N4O4.C2H6/c1-4-6-16(7-5-2)27-25(32)28-17-8-11-19(12-9-17)33-23-15-22(24(31)26-3)29-21-13-10-18(30)14-20(21)23;1-2/h4-15,30H,1H2,2-3H3,(H,26,31)(H2,27,28,32);1-2H3/b7-5-,16-6+;. The van der Waals surface area contributed by atoms with Gasteiger partial charge in [-0.1, -0.05) is 32.6 Å². The maximum atomic E-state index is 12.2. The summed E-state index contributed by atoms with van der Waals surface area (Å²) in [6.07, 6.45) is 6.82. The van der Waals surface area contributed by atoms with Crippen molar-refractivity contribution < 1.29 is 19.4 Å². The first-order valence-electron chi connectivity index (χ1n) is 11.1. The molecule has 0 saturated heterocycles. The number of urea groups is 1. The number of nitrogens with zero attached hydrogens (tertiary/aromatic N) is 1. The highest BCUT2D eigenvalue weighted by molar-refractivity contribution is 5.97. The van der Waals surface area contributed by atoms with Gasteiger partial charge >= 0.3 is 6.03 Å². The molecule has 3 rings (SSSR count). The van der Waals surface area contributed by atoms with E-state index in [1.54, 1.807) is 54.6 Å². The first-order valence-corrected chi connectivity index (χ1v) is 11.1. The number of hydrogen-bond acceptors (Lipinski definition) is 5. The summed E-state index contributed by atoms with van der Waals surface area (Å²) in [5.41, 5.74) is 1.85. The molecule has 8 nitrogen and oxygen atoms in total. The second-order valence-electron chi connectivity index (χ2n) is 6.85. The van der Waals surface area contributed by atoms with Crippen LogP contribution in [0.3, 0.4) is 0 Å². The number of carbonyl (C=O) groups excluding carboxylic acids is 2. The van der Waals surface area contributed by atoms with Crippen molar-refractivity contribution in [2.24, 2.45) is 0 Å². The molecule has 0 aliphatic rings. The maximum absolute atomic E-state index is 12.2. The number of allylic oxidation sites excluding steroid dienone is 4. The molecule has 2 aromatic carbocycles. The number of nitrogens with one attached hydrogen (secondary N) is 3. The molecule has 0 spiro atoms. The molecule has 0 bridgehead atoms. The first-order chi connectivity index (χ1) is 16.9. The van der Waals surface area contributed by atoms with Gasteiger partial charge in [-0.25, -0.2) is 9.78 Å². The number of carbonyl (C=O) groups is 2. The number of benzene rings is 2. The number of phenolic OH excluding ortho intramolecular Hbond substituents is 1. The molecule has 1 heterocycles. The van der Waals surface area contributed by atoms with Gasteiger partial charge in [0.2, 0.25) is 0 Å². The van der Waals surface area contributed by atoms with Gasteiger partial charge < -0.3 is 25.8 Å². The monoisotopic (exact) mass is 474 g/mol. The zero-order chi connectivity index (χ0) is 25.8. The summed E-state index contributed by atoms with van der Waals surface area (Å²) in [7, 11) is 1.52. The summed E-state index contributed by atoms with van der Waals surface area (Å²) < 4.78 is 5.98. The van der Waals surface area contributed by atoms with E-state index in [1.165, 1.54) is 25.2 Å². The molecule has 1 aromatic heterocycles. The maximum Gasteiger partial charge on any atom is 0.323 e. The Hall–Kier alpha value is -4.59. The van der Waals surface area contributed by atoms with E-state index in [0.29, 0.717) is 33.8 Å². The lowest BCUT2D eigenvalue weighted by molar-refractivity contribution is 0.0958. The summed E-state index contributed by atoms with van der Waals surface area (Å²) >= 11 is 0. The highest BCUT2D eigenvalue weighted by atomic mass is 16.5. The minimum atomic E-state index is -0.402. The van der Waals surface area contributed by atoms with E-state index in [1.807, 2.05) is 20.8 Å². The molecule has 0 unspecified atom stereocenters. The molecule has 0 fully saturated rings. The van der Waals surface area contributed by atoms with Crippen molar-refractivity contribution in [3.8, 4) is 17.2 Å². The lowest BCUT2D eigenvalue weighted by atomic mass is 10.1. The smallest absolute Gasteiger partial charge is 0.323 e. The van der Waals surface area contributed by atoms with Gasteiger partial charge in [0.05, 0.1) is 5.52 Å². The van der Waals surface area contributed by atoms with Gasteiger partial charge in [-0.05, 0) is 61.5 Å². The van der Waals surface area contributed by atoms with Crippen molar-refractivity contribution in [1.82, 2.24) is 15.6 Å². The third-order valence-corrected chi connectivity index (χ3v) is 4.46. The summed E-state index contributed by atoms with van der Waals surface area (Å²) in [5, 5.41) is 18.4. The number of phenols is 1. The van der Waals surface area contributed by atoms with Gasteiger partial charge in [-0.2, -0.15) is 0 Å². The average molecular weight is 475 g/mol. The largest absolute Gasteiger partial charge is 0.508 e. The zero-order valence-electron chi connectivity index (χ0n) is 20.3. The van der Waals surface area contributed by atoms with Crippen molar-refractivity contribution in [3.63, 3.8) is 0 Å². The second kappa shape index (κ2) is 13.2. The van der Waals surface area contributed by atoms with Crippen LogP contribution in [0.5, 0.6) is 17.2 Å². The molecule has 3 amide bonds. The van der Waals surface area contributed by atoms with Crippen LogP contribution in [0, 0.1) is 0 Å². The minimum Gasteiger partial charge on any atom is -0.508 e. The molecule has 8 heteroatoms. The first kappa shape index (κ1) is 26.7. The van der Waals surface area contributed by atoms with E-state index >= 15 is 0 Å². The highest BCUT2D eigenvalue weighted by Gasteiger charge is 2.13. The molecule has 3 aromatic rings. The predicted molar refractivity (Wildman–Crippen MR) is 140 cm³/mol. The van der Waals surface area contributed by atoms with E-state index in [2.05, 4.69) is 27.5 Å². The van der Waals surface area contributed by atoms with Crippen molar-refractivity contribution in [1.29, 1.82) is 0 Å². The number of aromatic nitrogens is 1. The van der Waals surface area contributed by atoms with Gasteiger partial charge in [-0.15, -0.1) is 0 Å². The quantitative estimate of drug-likeness (QED) is 0.319. The number of hydrogen-bond donors (Lipinski definition) is 4. The third-order valence-electron chi connectivity index (χ3n) is 4.46. The summed E-state index contributed by atoms with van der Waals surface area (Å²) in [5.74, 6) is 0.526. The molecule has 182 valence electrons. The lowest BCUT2D eigenvalue weighted by Gasteiger charge is -2.12. The number of aromatic hydroxyl groups is 1. The Labute approximate surface area is 205 Å². The Morgan fingerprint density at radius 3 is 2.43 bits per heavy atom. The molecule has 35 heavy (non-hydrogen) atoms. The molecule has 0 radical (unpaired) electrons. The van der Waals surface area contributed by atoms with Crippen LogP contribution in [0.2, 0.25) is 0 Å². The SMILES string of the molecule is C=C/C=C(\C=C/C)NC(=O)Nc1ccc(Oc2cc(C(=O)NC)nc3ccc(O)cc23)cc1.CC. The van der Waals surface area contributed by atoms with E-state index in [9.17, 15) is 14.7 Å². The highest BCUT2D eigenvalue weighted by Crippen LogP contribution is 2.32. The molecular weight excluding hydrogens is 444 g/mol. The lowest BCUT2D eigenvalue weighted by Crippen LogP contribution is -2.27. The van der Waals surface area contributed by atoms with Crippen LogP contribution in [0.4, 0.5) is 10.5 Å². The zero-order valence-corrected chi connectivity index (χ0v) is 20.3. The molecule has 0 aliphatic heterocycles. The van der Waals surface area contributed by atoms with E-state index in [-0.39, 0.29) is 17.4 Å². The third kappa shape index (κ3) is 7.46. The number of amides is 3. The Balaban J connectivity index is 0.00000210. The number of anilines is 1. The number of pyridine rings is 1. The van der Waals surface area contributed by atoms with Crippen LogP contribution in [-0.4, -0.2) is 29.1 Å². The summed E-state index contributed by atoms with van der Waals surface area (Å²) in [6.45, 7) is 9.47. The van der Waals surface area contributed by atoms with E-state index in [4.69, 9.17) is 4.74 Å². The van der Waals surface area contributed by atoms with Crippen LogP contribution in [-0.2, 0) is 0 Å². The fourth-order valence-electron chi connectivity index (χ4n) is 2.98.